The SMILES string of the molecule is CCOC(=O)c1ccn(S(=O)(=O)c2ccc(C)cc2)c1/N=C/N(C)C. The molecule has 0 atom stereocenters. The fraction of sp³-hybridized carbons (Fsp3) is 0.294. The van der Waals surface area contributed by atoms with Crippen LogP contribution in [0, 0.1) is 6.92 Å². The second-order valence-electron chi connectivity index (χ2n) is 5.60. The van der Waals surface area contributed by atoms with Gasteiger partial charge in [-0.1, -0.05) is 17.7 Å². The van der Waals surface area contributed by atoms with Crippen molar-refractivity contribution in [2.24, 2.45) is 4.99 Å². The Morgan fingerprint density at radius 1 is 1.24 bits per heavy atom. The first-order chi connectivity index (χ1) is 11.8. The molecule has 2 aromatic rings. The molecule has 8 heteroatoms. The third-order valence-corrected chi connectivity index (χ3v) is 4.99. The zero-order valence-corrected chi connectivity index (χ0v) is 15.4. The van der Waals surface area contributed by atoms with Crippen LogP contribution in [-0.4, -0.2) is 50.3 Å². The van der Waals surface area contributed by atoms with Crippen LogP contribution in [0.4, 0.5) is 5.82 Å². The number of nitrogens with zero attached hydrogens (tertiary/aromatic N) is 3. The van der Waals surface area contributed by atoms with Gasteiger partial charge in [-0.2, -0.15) is 0 Å². The van der Waals surface area contributed by atoms with Gasteiger partial charge >= 0.3 is 5.97 Å². The highest BCUT2D eigenvalue weighted by Gasteiger charge is 2.25. The van der Waals surface area contributed by atoms with Crippen LogP contribution in [0.15, 0.2) is 46.4 Å². The normalized spacial score (nSPS) is 11.7. The van der Waals surface area contributed by atoms with E-state index in [1.165, 1.54) is 30.7 Å². The number of hydrogen-bond acceptors (Lipinski definition) is 5. The number of carbonyl (C=O) groups is 1. The number of rotatable bonds is 6. The summed E-state index contributed by atoms with van der Waals surface area (Å²) in [6, 6.07) is 7.87. The lowest BCUT2D eigenvalue weighted by molar-refractivity contribution is 0.0527. The van der Waals surface area contributed by atoms with E-state index in [4.69, 9.17) is 4.74 Å². The lowest BCUT2D eigenvalue weighted by atomic mass is 10.2. The van der Waals surface area contributed by atoms with Crippen molar-refractivity contribution in [3.8, 4) is 0 Å². The van der Waals surface area contributed by atoms with Crippen LogP contribution in [0.25, 0.3) is 0 Å². The Hall–Kier alpha value is -2.61. The Balaban J connectivity index is 2.60. The molecule has 0 bridgehead atoms. The highest BCUT2D eigenvalue weighted by molar-refractivity contribution is 7.90. The van der Waals surface area contributed by atoms with Crippen LogP contribution in [-0.2, 0) is 14.8 Å². The van der Waals surface area contributed by atoms with E-state index in [0.29, 0.717) is 0 Å². The topological polar surface area (TPSA) is 81.0 Å². The van der Waals surface area contributed by atoms with E-state index in [-0.39, 0.29) is 22.9 Å². The maximum Gasteiger partial charge on any atom is 0.342 e. The molecular formula is C17H21N3O4S. The summed E-state index contributed by atoms with van der Waals surface area (Å²) in [5, 5.41) is 0. The van der Waals surface area contributed by atoms with Crippen LogP contribution in [0.2, 0.25) is 0 Å². The Morgan fingerprint density at radius 2 is 1.88 bits per heavy atom. The molecule has 2 rings (SSSR count). The highest BCUT2D eigenvalue weighted by Crippen LogP contribution is 2.27. The first-order valence-corrected chi connectivity index (χ1v) is 9.12. The molecule has 0 unspecified atom stereocenters. The minimum absolute atomic E-state index is 0.00715. The van der Waals surface area contributed by atoms with Gasteiger partial charge in [0.15, 0.2) is 5.82 Å². The molecule has 1 aromatic carbocycles. The number of hydrogen-bond donors (Lipinski definition) is 0. The molecule has 134 valence electrons. The van der Waals surface area contributed by atoms with Crippen molar-refractivity contribution in [2.75, 3.05) is 20.7 Å². The van der Waals surface area contributed by atoms with Gasteiger partial charge in [-0.25, -0.2) is 22.2 Å². The maximum absolute atomic E-state index is 12.9. The quantitative estimate of drug-likeness (QED) is 0.447. The van der Waals surface area contributed by atoms with E-state index in [2.05, 4.69) is 4.99 Å². The number of esters is 1. The molecule has 0 aliphatic rings. The summed E-state index contributed by atoms with van der Waals surface area (Å²) in [5.74, 6) is -0.612. The second-order valence-corrected chi connectivity index (χ2v) is 7.41. The molecule has 0 spiro atoms. The molecule has 0 saturated heterocycles. The van der Waals surface area contributed by atoms with Gasteiger partial charge in [0.1, 0.15) is 5.56 Å². The molecule has 25 heavy (non-hydrogen) atoms. The second kappa shape index (κ2) is 7.52. The summed E-state index contributed by atoms with van der Waals surface area (Å²) in [5.41, 5.74) is 1.04. The van der Waals surface area contributed by atoms with E-state index in [9.17, 15) is 13.2 Å². The molecule has 0 radical (unpaired) electrons. The standard InChI is InChI=1S/C17H21N3O4S/c1-5-24-17(21)15-10-11-20(16(15)18-12-19(3)4)25(22,23)14-8-6-13(2)7-9-14/h6-12H,5H2,1-4H3/b18-12+. The van der Waals surface area contributed by atoms with Crippen LogP contribution in [0.1, 0.15) is 22.8 Å². The van der Waals surface area contributed by atoms with E-state index in [1.807, 2.05) is 6.92 Å². The monoisotopic (exact) mass is 363 g/mol. The molecule has 1 heterocycles. The first-order valence-electron chi connectivity index (χ1n) is 7.68. The first kappa shape index (κ1) is 18.7. The smallest absolute Gasteiger partial charge is 0.342 e. The van der Waals surface area contributed by atoms with E-state index < -0.39 is 16.0 Å². The number of aromatic nitrogens is 1. The van der Waals surface area contributed by atoms with Crippen molar-refractivity contribution in [1.29, 1.82) is 0 Å². The third-order valence-electron chi connectivity index (χ3n) is 3.31. The fourth-order valence-corrected chi connectivity index (χ4v) is 3.39. The molecular weight excluding hydrogens is 342 g/mol. The van der Waals surface area contributed by atoms with E-state index in [1.54, 1.807) is 38.1 Å². The predicted molar refractivity (Wildman–Crippen MR) is 96.0 cm³/mol. The molecule has 0 fully saturated rings. The van der Waals surface area contributed by atoms with Gasteiger partial charge in [0.05, 0.1) is 17.8 Å². The number of ether oxygens (including phenoxy) is 1. The molecule has 0 aliphatic carbocycles. The van der Waals surface area contributed by atoms with Crippen molar-refractivity contribution in [3.63, 3.8) is 0 Å². The number of carbonyl (C=O) groups excluding carboxylic acids is 1. The van der Waals surface area contributed by atoms with E-state index in [0.717, 1.165) is 9.54 Å². The number of aliphatic imine (C=N–C) groups is 1. The minimum Gasteiger partial charge on any atom is -0.462 e. The molecule has 0 N–H and O–H groups in total. The summed E-state index contributed by atoms with van der Waals surface area (Å²) >= 11 is 0. The molecule has 0 saturated carbocycles. The van der Waals surface area contributed by atoms with Gasteiger partial charge in [0, 0.05) is 20.3 Å². The Labute approximate surface area is 147 Å². The van der Waals surface area contributed by atoms with Crippen molar-refractivity contribution in [2.45, 2.75) is 18.7 Å². The summed E-state index contributed by atoms with van der Waals surface area (Å²) < 4.78 is 31.8. The Bertz CT molecular complexity index is 881. The van der Waals surface area contributed by atoms with Crippen LogP contribution in [0.5, 0.6) is 0 Å². The molecule has 7 nitrogen and oxygen atoms in total. The highest BCUT2D eigenvalue weighted by atomic mass is 32.2. The zero-order valence-electron chi connectivity index (χ0n) is 14.6. The summed E-state index contributed by atoms with van der Waals surface area (Å²) in [6.45, 7) is 3.74. The van der Waals surface area contributed by atoms with Gasteiger partial charge in [-0.3, -0.25) is 0 Å². The van der Waals surface area contributed by atoms with Crippen LogP contribution < -0.4 is 0 Å². The Kier molecular flexibility index (Phi) is 5.63. The fourth-order valence-electron chi connectivity index (χ4n) is 2.09. The third kappa shape index (κ3) is 4.08. The van der Waals surface area contributed by atoms with Crippen molar-refractivity contribution in [3.05, 3.63) is 47.7 Å². The van der Waals surface area contributed by atoms with Gasteiger partial charge in [-0.15, -0.1) is 0 Å². The van der Waals surface area contributed by atoms with Crippen molar-refractivity contribution < 1.29 is 17.9 Å². The lowest BCUT2D eigenvalue weighted by Gasteiger charge is -2.10. The number of aryl methyl sites for hydroxylation is 1. The van der Waals surface area contributed by atoms with E-state index >= 15 is 0 Å². The average molecular weight is 363 g/mol. The number of benzene rings is 1. The van der Waals surface area contributed by atoms with Gasteiger partial charge in [-0.05, 0) is 32.0 Å². The van der Waals surface area contributed by atoms with Crippen molar-refractivity contribution in [1.82, 2.24) is 8.87 Å². The lowest BCUT2D eigenvalue weighted by Crippen LogP contribution is -2.14. The van der Waals surface area contributed by atoms with Gasteiger partial charge < -0.3 is 9.64 Å². The summed E-state index contributed by atoms with van der Waals surface area (Å²) in [4.78, 5) is 18.0. The molecule has 1 aromatic heterocycles. The van der Waals surface area contributed by atoms with Crippen LogP contribution in [0.3, 0.4) is 0 Å². The average Bonchev–Trinajstić information content (AvgIpc) is 2.98. The molecule has 0 aliphatic heterocycles. The van der Waals surface area contributed by atoms with Gasteiger partial charge in [0.25, 0.3) is 10.0 Å². The zero-order chi connectivity index (χ0) is 18.6. The molecule has 0 amide bonds. The maximum atomic E-state index is 12.9. The van der Waals surface area contributed by atoms with Crippen molar-refractivity contribution >= 4 is 28.1 Å². The minimum atomic E-state index is -3.89. The predicted octanol–water partition coefficient (Wildman–Crippen LogP) is 2.43. The summed E-state index contributed by atoms with van der Waals surface area (Å²) in [7, 11) is -0.395. The summed E-state index contributed by atoms with van der Waals surface area (Å²) in [6.07, 6.45) is 2.74. The van der Waals surface area contributed by atoms with Crippen LogP contribution >= 0.6 is 0 Å². The Morgan fingerprint density at radius 3 is 2.44 bits per heavy atom. The van der Waals surface area contributed by atoms with Gasteiger partial charge in [0.2, 0.25) is 0 Å². The largest absolute Gasteiger partial charge is 0.462 e.